The van der Waals surface area contributed by atoms with E-state index in [1.807, 2.05) is 7.05 Å². The van der Waals surface area contributed by atoms with Crippen molar-refractivity contribution in [1.29, 1.82) is 0 Å². The van der Waals surface area contributed by atoms with Gasteiger partial charge in [0.1, 0.15) is 13.3 Å². The van der Waals surface area contributed by atoms with Crippen LogP contribution in [0.3, 0.4) is 0 Å². The fourth-order valence-corrected chi connectivity index (χ4v) is 3.00. The lowest BCUT2D eigenvalue weighted by atomic mass is 10.2. The van der Waals surface area contributed by atoms with Crippen LogP contribution in [-0.2, 0) is 7.05 Å². The van der Waals surface area contributed by atoms with E-state index in [1.54, 1.807) is 22.9 Å². The zero-order chi connectivity index (χ0) is 16.0. The van der Waals surface area contributed by atoms with Crippen molar-refractivity contribution in [1.82, 2.24) is 5.32 Å². The molecule has 0 unspecified atom stereocenters. The minimum atomic E-state index is -0.0859. The molecular formula is C16H26I2N4O2. The Hall–Kier alpha value is -0.490. The maximum absolute atomic E-state index is 12.2. The van der Waals surface area contributed by atoms with Gasteiger partial charge >= 0.3 is 0 Å². The van der Waals surface area contributed by atoms with Gasteiger partial charge in [0.05, 0.1) is 32.2 Å². The number of aromatic nitrogens is 1. The predicted molar refractivity (Wildman–Crippen MR) is 84.0 cm³/mol. The Morgan fingerprint density at radius 1 is 1.42 bits per heavy atom. The number of nitrogens with one attached hydrogen (secondary N) is 1. The van der Waals surface area contributed by atoms with Gasteiger partial charge in [-0.1, -0.05) is 5.16 Å². The second kappa shape index (κ2) is 11.2. The van der Waals surface area contributed by atoms with Gasteiger partial charge in [0.15, 0.2) is 6.20 Å². The van der Waals surface area contributed by atoms with Crippen molar-refractivity contribution in [2.24, 2.45) is 12.2 Å². The van der Waals surface area contributed by atoms with Crippen LogP contribution in [0.5, 0.6) is 0 Å². The lowest BCUT2D eigenvalue weighted by Crippen LogP contribution is -3.00. The summed E-state index contributed by atoms with van der Waals surface area (Å²) in [5.74, 6) is -0.0859. The van der Waals surface area contributed by atoms with E-state index in [0.717, 1.165) is 17.4 Å². The van der Waals surface area contributed by atoms with Crippen molar-refractivity contribution >= 4 is 12.1 Å². The first-order valence-corrected chi connectivity index (χ1v) is 7.83. The number of carbonyl (C=O) groups is 1. The van der Waals surface area contributed by atoms with E-state index in [-0.39, 0.29) is 53.9 Å². The van der Waals surface area contributed by atoms with Crippen LogP contribution in [0.15, 0.2) is 23.5 Å². The molecular weight excluding hydrogens is 534 g/mol. The summed E-state index contributed by atoms with van der Waals surface area (Å²) in [5.41, 5.74) is 1.25. The zero-order valence-electron chi connectivity index (χ0n) is 14.2. The second-order valence-corrected chi connectivity index (χ2v) is 6.30. The highest BCUT2D eigenvalue weighted by Gasteiger charge is 2.25. The van der Waals surface area contributed by atoms with E-state index in [1.165, 1.54) is 32.1 Å². The Labute approximate surface area is 177 Å². The summed E-state index contributed by atoms with van der Waals surface area (Å²) in [6.45, 7) is 4.32. The molecule has 0 saturated carbocycles. The van der Waals surface area contributed by atoms with Crippen LogP contribution < -0.4 is 57.8 Å². The monoisotopic (exact) mass is 560 g/mol. The molecule has 1 fully saturated rings. The molecule has 24 heavy (non-hydrogen) atoms. The summed E-state index contributed by atoms with van der Waals surface area (Å²) in [4.78, 5) is 12.2. The van der Waals surface area contributed by atoms with Gasteiger partial charge < -0.3 is 63.0 Å². The van der Waals surface area contributed by atoms with E-state index in [0.29, 0.717) is 17.8 Å². The number of oxime groups is 1. The molecule has 0 spiro atoms. The lowest BCUT2D eigenvalue weighted by Gasteiger charge is -2.29. The summed E-state index contributed by atoms with van der Waals surface area (Å²) in [6, 6.07) is 3.47. The van der Waals surface area contributed by atoms with E-state index in [4.69, 9.17) is 5.21 Å². The molecule has 1 aromatic rings. The van der Waals surface area contributed by atoms with Gasteiger partial charge in [-0.15, -0.1) is 0 Å². The summed E-state index contributed by atoms with van der Waals surface area (Å²) < 4.78 is 2.92. The minimum Gasteiger partial charge on any atom is -1.00 e. The average Bonchev–Trinajstić information content (AvgIpc) is 2.93. The highest BCUT2D eigenvalue weighted by molar-refractivity contribution is 5.95. The Kier molecular flexibility index (Phi) is 11.0. The van der Waals surface area contributed by atoms with E-state index < -0.39 is 0 Å². The van der Waals surface area contributed by atoms with Gasteiger partial charge in [0.25, 0.3) is 5.91 Å². The number of halogens is 2. The Morgan fingerprint density at radius 2 is 2.08 bits per heavy atom. The highest BCUT2D eigenvalue weighted by atomic mass is 127. The van der Waals surface area contributed by atoms with Gasteiger partial charge in [-0.05, 0) is 0 Å². The van der Waals surface area contributed by atoms with Crippen LogP contribution in [0.4, 0.5) is 0 Å². The van der Waals surface area contributed by atoms with Gasteiger partial charge in [0.2, 0.25) is 5.69 Å². The molecule has 0 aliphatic carbocycles. The number of carbonyl (C=O) groups excluding carboxylic acids is 1. The van der Waals surface area contributed by atoms with E-state index in [9.17, 15) is 4.79 Å². The minimum absolute atomic E-state index is 0. The van der Waals surface area contributed by atoms with E-state index >= 15 is 0 Å². The second-order valence-electron chi connectivity index (χ2n) is 6.30. The van der Waals surface area contributed by atoms with Gasteiger partial charge in [-0.25, -0.2) is 4.57 Å². The quantitative estimate of drug-likeness (QED) is 0.0696. The molecule has 2 heterocycles. The highest BCUT2D eigenvalue weighted by Crippen LogP contribution is 2.16. The van der Waals surface area contributed by atoms with Gasteiger partial charge in [-0.2, -0.15) is 0 Å². The zero-order valence-corrected chi connectivity index (χ0v) is 18.5. The van der Waals surface area contributed by atoms with Gasteiger partial charge in [-0.3, -0.25) is 4.79 Å². The van der Waals surface area contributed by atoms with Crippen LogP contribution in [0.25, 0.3) is 0 Å². The number of quaternary nitrogens is 1. The third kappa shape index (κ3) is 6.79. The summed E-state index contributed by atoms with van der Waals surface area (Å²) >= 11 is 0. The molecule has 6 nitrogen and oxygen atoms in total. The molecule has 0 aromatic carbocycles. The van der Waals surface area contributed by atoms with E-state index in [2.05, 4.69) is 17.5 Å². The number of rotatable bonds is 6. The van der Waals surface area contributed by atoms with Gasteiger partial charge in [0, 0.05) is 37.9 Å². The first-order chi connectivity index (χ1) is 10.5. The fraction of sp³-hybridized carbons (Fsp3) is 0.562. The van der Waals surface area contributed by atoms with Crippen molar-refractivity contribution < 1.29 is 67.0 Å². The number of nitrogens with zero attached hydrogens (tertiary/aromatic N) is 3. The van der Waals surface area contributed by atoms with Crippen LogP contribution >= 0.6 is 0 Å². The van der Waals surface area contributed by atoms with Crippen molar-refractivity contribution in [2.75, 3.05) is 33.2 Å². The molecule has 1 aromatic heterocycles. The SMILES string of the molecule is C[n+]1ccc(C(=O)NCCC[N+]2(C)CCCC2)cc1/C=N/O.[I-].[I-]. The molecule has 136 valence electrons. The standard InChI is InChI=1S/C16H24N4O2.2HI/c1-19-8-6-14(12-15(19)13-18-22)16(21)17-7-5-11-20(2)9-3-4-10-20;;/h6,8,12-13H,3-5,7,9-11H2,1-2H3;2*1H. The first kappa shape index (κ1) is 23.5. The number of pyridine rings is 1. The average molecular weight is 560 g/mol. The summed E-state index contributed by atoms with van der Waals surface area (Å²) in [5, 5.41) is 14.6. The number of hydrogen-bond acceptors (Lipinski definition) is 3. The normalized spacial score (nSPS) is 15.6. The topological polar surface area (TPSA) is 65.6 Å². The summed E-state index contributed by atoms with van der Waals surface area (Å²) in [7, 11) is 4.13. The fourth-order valence-electron chi connectivity index (χ4n) is 3.00. The number of hydrogen-bond donors (Lipinski definition) is 2. The molecule has 2 rings (SSSR count). The molecule has 8 heteroatoms. The number of amides is 1. The maximum Gasteiger partial charge on any atom is 0.251 e. The van der Waals surface area contributed by atoms with Crippen LogP contribution in [0, 0.1) is 0 Å². The molecule has 1 amide bonds. The van der Waals surface area contributed by atoms with Crippen LogP contribution in [0.1, 0.15) is 35.3 Å². The molecule has 0 radical (unpaired) electrons. The Bertz CT molecular complexity index is 561. The van der Waals surface area contributed by atoms with Crippen molar-refractivity contribution in [3.8, 4) is 0 Å². The van der Waals surface area contributed by atoms with Crippen molar-refractivity contribution in [2.45, 2.75) is 19.3 Å². The number of likely N-dealkylation sites (tertiary alicyclic amines) is 1. The van der Waals surface area contributed by atoms with Crippen LogP contribution in [0.2, 0.25) is 0 Å². The van der Waals surface area contributed by atoms with Crippen molar-refractivity contribution in [3.05, 3.63) is 29.6 Å². The molecule has 2 N–H and O–H groups in total. The van der Waals surface area contributed by atoms with Crippen molar-refractivity contribution in [3.63, 3.8) is 0 Å². The molecule has 0 atom stereocenters. The number of aryl methyl sites for hydroxylation is 1. The molecule has 1 aliphatic heterocycles. The largest absolute Gasteiger partial charge is 1.00 e. The molecule has 0 bridgehead atoms. The predicted octanol–water partition coefficient (Wildman–Crippen LogP) is -5.31. The smallest absolute Gasteiger partial charge is 0.251 e. The molecule has 1 saturated heterocycles. The Morgan fingerprint density at radius 3 is 2.71 bits per heavy atom. The summed E-state index contributed by atoms with van der Waals surface area (Å²) in [6.07, 6.45) is 6.73. The lowest BCUT2D eigenvalue weighted by molar-refractivity contribution is -0.897. The third-order valence-corrected chi connectivity index (χ3v) is 4.45. The third-order valence-electron chi connectivity index (χ3n) is 4.45. The van der Waals surface area contributed by atoms with Crippen LogP contribution in [-0.4, -0.2) is 55.0 Å². The maximum atomic E-state index is 12.2. The molecule has 1 aliphatic rings. The first-order valence-electron chi connectivity index (χ1n) is 7.83. The Balaban J connectivity index is 0.00000264.